The van der Waals surface area contributed by atoms with Gasteiger partial charge in [0.15, 0.2) is 11.6 Å². The second-order valence-corrected chi connectivity index (χ2v) is 6.24. The number of piperazine rings is 1. The molecule has 26 heavy (non-hydrogen) atoms. The van der Waals surface area contributed by atoms with Crippen LogP contribution in [0, 0.1) is 11.6 Å². The number of carbonyl (C=O) groups excluding carboxylic acids is 2. The molecule has 0 aliphatic carbocycles. The summed E-state index contributed by atoms with van der Waals surface area (Å²) in [4.78, 5) is 27.4. The van der Waals surface area contributed by atoms with Gasteiger partial charge in [-0.1, -0.05) is 0 Å². The molecule has 0 aromatic heterocycles. The van der Waals surface area contributed by atoms with Gasteiger partial charge in [-0.3, -0.25) is 14.9 Å². The highest BCUT2D eigenvalue weighted by Gasteiger charge is 2.43. The molecule has 1 unspecified atom stereocenters. The number of carbonyl (C=O) groups is 2. The predicted octanol–water partition coefficient (Wildman–Crippen LogP) is 1.67. The van der Waals surface area contributed by atoms with Crippen LogP contribution in [0.2, 0.25) is 0 Å². The largest absolute Gasteiger partial charge is 0.338 e. The van der Waals surface area contributed by atoms with E-state index in [0.29, 0.717) is 0 Å². The summed E-state index contributed by atoms with van der Waals surface area (Å²) in [7, 11) is 0. The topological polar surface area (TPSA) is 52.7 Å². The summed E-state index contributed by atoms with van der Waals surface area (Å²) in [5, 5.41) is 2.52. The van der Waals surface area contributed by atoms with E-state index >= 15 is 0 Å². The van der Waals surface area contributed by atoms with Crippen LogP contribution >= 0.6 is 12.4 Å². The highest BCUT2D eigenvalue weighted by Crippen LogP contribution is 2.26. The van der Waals surface area contributed by atoms with Gasteiger partial charge >= 0.3 is 0 Å². The van der Waals surface area contributed by atoms with Crippen LogP contribution in [0.3, 0.4) is 0 Å². The Bertz CT molecular complexity index is 696. The van der Waals surface area contributed by atoms with Crippen molar-refractivity contribution in [2.24, 2.45) is 0 Å². The molecule has 2 aliphatic rings. The first-order chi connectivity index (χ1) is 11.8. The minimum Gasteiger partial charge on any atom is -0.338 e. The predicted molar refractivity (Wildman–Crippen MR) is 87.4 cm³/mol. The fourth-order valence-electron chi connectivity index (χ4n) is 3.05. The fraction of sp³-hybridized carbons (Fsp3) is 0.500. The van der Waals surface area contributed by atoms with Crippen molar-refractivity contribution in [1.82, 2.24) is 15.1 Å². The van der Waals surface area contributed by atoms with Gasteiger partial charge in [-0.2, -0.15) is 0 Å². The van der Waals surface area contributed by atoms with E-state index in [4.69, 9.17) is 0 Å². The molecule has 0 radical (unpaired) electrons. The highest BCUT2D eigenvalue weighted by molar-refractivity contribution is 5.94. The molecule has 1 aromatic carbocycles. The van der Waals surface area contributed by atoms with E-state index in [2.05, 4.69) is 5.32 Å². The van der Waals surface area contributed by atoms with E-state index in [0.717, 1.165) is 12.1 Å². The summed E-state index contributed by atoms with van der Waals surface area (Å²) < 4.78 is 52.6. The third kappa shape index (κ3) is 4.27. The molecule has 1 aromatic rings. The van der Waals surface area contributed by atoms with Crippen molar-refractivity contribution in [2.75, 3.05) is 32.7 Å². The minimum atomic E-state index is -2.88. The minimum absolute atomic E-state index is 0. The zero-order chi connectivity index (χ0) is 18.2. The van der Waals surface area contributed by atoms with Gasteiger partial charge in [0.1, 0.15) is 0 Å². The third-order valence-electron chi connectivity index (χ3n) is 4.45. The second kappa shape index (κ2) is 7.79. The first-order valence-electron chi connectivity index (χ1n) is 7.91. The lowest BCUT2D eigenvalue weighted by atomic mass is 10.1. The van der Waals surface area contributed by atoms with Gasteiger partial charge in [0.05, 0.1) is 12.6 Å². The van der Waals surface area contributed by atoms with E-state index in [9.17, 15) is 27.2 Å². The molecule has 1 atom stereocenters. The van der Waals surface area contributed by atoms with Crippen LogP contribution in [0.4, 0.5) is 17.6 Å². The maximum absolute atomic E-state index is 13.2. The van der Waals surface area contributed by atoms with E-state index in [1.807, 2.05) is 0 Å². The van der Waals surface area contributed by atoms with Crippen molar-refractivity contribution in [1.29, 1.82) is 0 Å². The molecule has 0 spiro atoms. The van der Waals surface area contributed by atoms with Gasteiger partial charge in [0.25, 0.3) is 11.8 Å². The van der Waals surface area contributed by atoms with Crippen LogP contribution in [0.15, 0.2) is 18.2 Å². The van der Waals surface area contributed by atoms with Gasteiger partial charge in [0.2, 0.25) is 5.91 Å². The molecule has 2 heterocycles. The van der Waals surface area contributed by atoms with Crippen LogP contribution in [0.5, 0.6) is 0 Å². The first kappa shape index (κ1) is 20.4. The molecule has 2 fully saturated rings. The lowest BCUT2D eigenvalue weighted by Crippen LogP contribution is -2.54. The van der Waals surface area contributed by atoms with Crippen molar-refractivity contribution in [3.63, 3.8) is 0 Å². The van der Waals surface area contributed by atoms with Gasteiger partial charge in [-0.15, -0.1) is 12.4 Å². The average Bonchev–Trinajstić information content (AvgIpc) is 2.96. The number of rotatable bonds is 2. The van der Waals surface area contributed by atoms with Crippen LogP contribution in [0.1, 0.15) is 16.8 Å². The Labute approximate surface area is 153 Å². The number of amides is 2. The van der Waals surface area contributed by atoms with Crippen LogP contribution in [-0.2, 0) is 4.79 Å². The second-order valence-electron chi connectivity index (χ2n) is 6.24. The van der Waals surface area contributed by atoms with Gasteiger partial charge in [0, 0.05) is 38.2 Å². The van der Waals surface area contributed by atoms with Gasteiger partial charge < -0.3 is 9.80 Å². The van der Waals surface area contributed by atoms with E-state index < -0.39 is 48.4 Å². The van der Waals surface area contributed by atoms with E-state index in [-0.39, 0.29) is 44.1 Å². The number of nitrogens with one attached hydrogen (secondary N) is 1. The number of hydrogen-bond donors (Lipinski definition) is 1. The van der Waals surface area contributed by atoms with Crippen LogP contribution in [0.25, 0.3) is 0 Å². The Morgan fingerprint density at radius 1 is 1.04 bits per heavy atom. The number of benzene rings is 1. The zero-order valence-electron chi connectivity index (χ0n) is 13.7. The summed E-state index contributed by atoms with van der Waals surface area (Å²) in [5.74, 6) is -5.89. The molecule has 1 N–H and O–H groups in total. The number of alkyl halides is 2. The Balaban J connectivity index is 0.00000243. The summed E-state index contributed by atoms with van der Waals surface area (Å²) in [6.45, 7) is 0.299. The lowest BCUT2D eigenvalue weighted by Gasteiger charge is -2.36. The molecule has 10 heteroatoms. The molecule has 5 nitrogen and oxygen atoms in total. The molecule has 144 valence electrons. The number of hydrogen-bond acceptors (Lipinski definition) is 3. The maximum Gasteiger partial charge on any atom is 0.262 e. The lowest BCUT2D eigenvalue weighted by molar-refractivity contribution is -0.135. The average molecular weight is 396 g/mol. The van der Waals surface area contributed by atoms with Crippen molar-refractivity contribution in [3.05, 3.63) is 35.4 Å². The Morgan fingerprint density at radius 3 is 2.19 bits per heavy atom. The standard InChI is InChI=1S/C16H17F4N3O2.ClH/c17-11-2-1-10(7-12(11)18)14(24)22-3-5-23(6-4-22)15(25)13-8-16(19,20)9-21-13;/h1-2,7,13,21H,3-6,8-9H2;1H. The highest BCUT2D eigenvalue weighted by atomic mass is 35.5. The van der Waals surface area contributed by atoms with E-state index in [1.54, 1.807) is 0 Å². The van der Waals surface area contributed by atoms with Crippen molar-refractivity contribution < 1.29 is 27.2 Å². The summed E-state index contributed by atoms with van der Waals surface area (Å²) in [5.41, 5.74) is 0.0239. The third-order valence-corrected chi connectivity index (χ3v) is 4.45. The molecular weight excluding hydrogens is 378 g/mol. The molecule has 2 saturated heterocycles. The molecular formula is C16H18ClF4N3O2. The number of nitrogens with zero attached hydrogens (tertiary/aromatic N) is 2. The summed E-state index contributed by atoms with van der Waals surface area (Å²) in [6.07, 6.45) is -0.528. The first-order valence-corrected chi connectivity index (χ1v) is 7.91. The van der Waals surface area contributed by atoms with Gasteiger partial charge in [-0.05, 0) is 18.2 Å². The Morgan fingerprint density at radius 2 is 1.65 bits per heavy atom. The maximum atomic E-state index is 13.2. The van der Waals surface area contributed by atoms with Crippen molar-refractivity contribution in [2.45, 2.75) is 18.4 Å². The van der Waals surface area contributed by atoms with Crippen molar-refractivity contribution in [3.8, 4) is 0 Å². The Hall–Kier alpha value is -1.87. The smallest absolute Gasteiger partial charge is 0.262 e. The molecule has 2 aliphatic heterocycles. The molecule has 3 rings (SSSR count). The number of halogens is 5. The fourth-order valence-corrected chi connectivity index (χ4v) is 3.05. The quantitative estimate of drug-likeness (QED) is 0.775. The SMILES string of the molecule is Cl.O=C(c1ccc(F)c(F)c1)N1CCN(C(=O)C2CC(F)(F)CN2)CC1. The molecule has 0 bridgehead atoms. The summed E-state index contributed by atoms with van der Waals surface area (Å²) in [6, 6.07) is 2.00. The molecule has 2 amide bonds. The summed E-state index contributed by atoms with van der Waals surface area (Å²) >= 11 is 0. The molecule has 0 saturated carbocycles. The zero-order valence-corrected chi connectivity index (χ0v) is 14.5. The van der Waals surface area contributed by atoms with Gasteiger partial charge in [-0.25, -0.2) is 17.6 Å². The van der Waals surface area contributed by atoms with E-state index in [1.165, 1.54) is 15.9 Å². The van der Waals surface area contributed by atoms with Crippen molar-refractivity contribution >= 4 is 24.2 Å². The Kier molecular flexibility index (Phi) is 6.13. The van der Waals surface area contributed by atoms with Crippen LogP contribution in [-0.4, -0.2) is 66.3 Å². The normalized spacial score (nSPS) is 22.1. The van der Waals surface area contributed by atoms with Crippen LogP contribution < -0.4 is 5.32 Å². The monoisotopic (exact) mass is 395 g/mol.